The Morgan fingerprint density at radius 3 is 2.86 bits per heavy atom. The van der Waals surface area contributed by atoms with Gasteiger partial charge in [0.25, 0.3) is 0 Å². The fourth-order valence-corrected chi connectivity index (χ4v) is 2.49. The van der Waals surface area contributed by atoms with Crippen molar-refractivity contribution in [1.29, 1.82) is 0 Å². The SMILES string of the molecule is CCOC(=O)c1[nH]c(CNC(C)c2cccc(Cl)c2)cc1C. The van der Waals surface area contributed by atoms with Crippen molar-refractivity contribution in [3.05, 3.63) is 57.9 Å². The zero-order valence-corrected chi connectivity index (χ0v) is 13.8. The number of esters is 1. The summed E-state index contributed by atoms with van der Waals surface area (Å²) in [4.78, 5) is 14.9. The van der Waals surface area contributed by atoms with Gasteiger partial charge in [-0.2, -0.15) is 0 Å². The summed E-state index contributed by atoms with van der Waals surface area (Å²) < 4.78 is 5.02. The predicted molar refractivity (Wildman–Crippen MR) is 88.2 cm³/mol. The van der Waals surface area contributed by atoms with Gasteiger partial charge in [-0.05, 0) is 50.1 Å². The van der Waals surface area contributed by atoms with Crippen LogP contribution in [-0.2, 0) is 11.3 Å². The summed E-state index contributed by atoms with van der Waals surface area (Å²) in [6, 6.07) is 9.90. The first-order valence-electron chi connectivity index (χ1n) is 7.35. The van der Waals surface area contributed by atoms with Crippen LogP contribution in [-0.4, -0.2) is 17.6 Å². The highest BCUT2D eigenvalue weighted by molar-refractivity contribution is 6.30. The molecule has 22 heavy (non-hydrogen) atoms. The average Bonchev–Trinajstić information content (AvgIpc) is 2.86. The third-order valence-corrected chi connectivity index (χ3v) is 3.73. The molecule has 0 aliphatic heterocycles. The molecule has 2 N–H and O–H groups in total. The maximum Gasteiger partial charge on any atom is 0.355 e. The van der Waals surface area contributed by atoms with E-state index in [0.717, 1.165) is 21.8 Å². The van der Waals surface area contributed by atoms with Crippen molar-refractivity contribution in [2.45, 2.75) is 33.4 Å². The second-order valence-corrected chi connectivity index (χ2v) is 5.67. The molecule has 0 saturated heterocycles. The Balaban J connectivity index is 2.00. The molecule has 0 bridgehead atoms. The molecule has 2 aromatic rings. The van der Waals surface area contributed by atoms with Crippen molar-refractivity contribution in [3.8, 4) is 0 Å². The van der Waals surface area contributed by atoms with Gasteiger partial charge in [0.15, 0.2) is 0 Å². The maximum absolute atomic E-state index is 11.8. The standard InChI is InChI=1S/C17H21ClN2O2/c1-4-22-17(21)16-11(2)8-15(20-16)10-19-12(3)13-6-5-7-14(18)9-13/h5-9,12,19-20H,4,10H2,1-3H3. The summed E-state index contributed by atoms with van der Waals surface area (Å²) >= 11 is 6.01. The molecule has 1 atom stereocenters. The molecule has 0 aliphatic rings. The molecule has 0 radical (unpaired) electrons. The Labute approximate surface area is 135 Å². The van der Waals surface area contributed by atoms with E-state index in [4.69, 9.17) is 16.3 Å². The number of hydrogen-bond acceptors (Lipinski definition) is 3. The van der Waals surface area contributed by atoms with Gasteiger partial charge in [-0.25, -0.2) is 4.79 Å². The molecule has 118 valence electrons. The maximum atomic E-state index is 11.8. The van der Waals surface area contributed by atoms with Crippen molar-refractivity contribution < 1.29 is 9.53 Å². The van der Waals surface area contributed by atoms with Crippen LogP contribution in [0.3, 0.4) is 0 Å². The number of aryl methyl sites for hydroxylation is 1. The smallest absolute Gasteiger partial charge is 0.355 e. The molecule has 5 heteroatoms. The number of H-pyrrole nitrogens is 1. The van der Waals surface area contributed by atoms with Crippen molar-refractivity contribution in [3.63, 3.8) is 0 Å². The van der Waals surface area contributed by atoms with Crippen LogP contribution in [0.4, 0.5) is 0 Å². The topological polar surface area (TPSA) is 54.1 Å². The summed E-state index contributed by atoms with van der Waals surface area (Å²) in [5.41, 5.74) is 3.50. The average molecular weight is 321 g/mol. The van der Waals surface area contributed by atoms with Gasteiger partial charge >= 0.3 is 5.97 Å². The molecule has 1 unspecified atom stereocenters. The third kappa shape index (κ3) is 4.12. The van der Waals surface area contributed by atoms with Crippen LogP contribution in [0.15, 0.2) is 30.3 Å². The molecule has 0 spiro atoms. The second-order valence-electron chi connectivity index (χ2n) is 5.23. The quantitative estimate of drug-likeness (QED) is 0.791. The molecular formula is C17H21ClN2O2. The number of ether oxygens (including phenoxy) is 1. The van der Waals surface area contributed by atoms with Gasteiger partial charge < -0.3 is 15.0 Å². The highest BCUT2D eigenvalue weighted by Gasteiger charge is 2.14. The first-order chi connectivity index (χ1) is 10.5. The number of nitrogens with one attached hydrogen (secondary N) is 2. The van der Waals surface area contributed by atoms with Gasteiger partial charge in [0.2, 0.25) is 0 Å². The molecular weight excluding hydrogens is 300 g/mol. The minimum atomic E-state index is -0.311. The van der Waals surface area contributed by atoms with Gasteiger partial charge in [-0.3, -0.25) is 0 Å². The fourth-order valence-electron chi connectivity index (χ4n) is 2.30. The van der Waals surface area contributed by atoms with Gasteiger partial charge in [0.05, 0.1) is 6.61 Å². The van der Waals surface area contributed by atoms with Crippen molar-refractivity contribution in [2.75, 3.05) is 6.61 Å². The summed E-state index contributed by atoms with van der Waals surface area (Å²) in [5.74, 6) is -0.311. The molecule has 0 aliphatic carbocycles. The van der Waals surface area contributed by atoms with Gasteiger partial charge in [0.1, 0.15) is 5.69 Å². The predicted octanol–water partition coefficient (Wildman–Crippen LogP) is 4.00. The molecule has 1 heterocycles. The molecule has 1 aromatic carbocycles. The van der Waals surface area contributed by atoms with Crippen molar-refractivity contribution in [1.82, 2.24) is 10.3 Å². The van der Waals surface area contributed by atoms with Gasteiger partial charge in [0, 0.05) is 23.3 Å². The van der Waals surface area contributed by atoms with Crippen LogP contribution < -0.4 is 5.32 Å². The van der Waals surface area contributed by atoms with Crippen LogP contribution in [0.5, 0.6) is 0 Å². The lowest BCUT2D eigenvalue weighted by atomic mass is 10.1. The Bertz CT molecular complexity index is 652. The van der Waals surface area contributed by atoms with E-state index in [1.807, 2.05) is 37.3 Å². The van der Waals surface area contributed by atoms with E-state index < -0.39 is 0 Å². The van der Waals surface area contributed by atoms with Gasteiger partial charge in [-0.1, -0.05) is 23.7 Å². The second kappa shape index (κ2) is 7.47. The minimum Gasteiger partial charge on any atom is -0.461 e. The number of aromatic amines is 1. The fraction of sp³-hybridized carbons (Fsp3) is 0.353. The Morgan fingerprint density at radius 1 is 1.41 bits per heavy atom. The minimum absolute atomic E-state index is 0.161. The lowest BCUT2D eigenvalue weighted by molar-refractivity contribution is 0.0519. The monoisotopic (exact) mass is 320 g/mol. The van der Waals surface area contributed by atoms with E-state index in [1.165, 1.54) is 0 Å². The van der Waals surface area contributed by atoms with Crippen LogP contribution in [0, 0.1) is 6.92 Å². The molecule has 0 fully saturated rings. The number of carbonyl (C=O) groups excluding carboxylic acids is 1. The molecule has 4 nitrogen and oxygen atoms in total. The number of halogens is 1. The van der Waals surface area contributed by atoms with E-state index in [-0.39, 0.29) is 12.0 Å². The van der Waals surface area contributed by atoms with Crippen LogP contribution >= 0.6 is 11.6 Å². The first kappa shape index (κ1) is 16.6. The summed E-state index contributed by atoms with van der Waals surface area (Å²) in [6.07, 6.45) is 0. The number of benzene rings is 1. The van der Waals surface area contributed by atoms with Crippen molar-refractivity contribution in [2.24, 2.45) is 0 Å². The van der Waals surface area contributed by atoms with Crippen LogP contribution in [0.2, 0.25) is 5.02 Å². The summed E-state index contributed by atoms with van der Waals surface area (Å²) in [6.45, 7) is 6.77. The Kier molecular flexibility index (Phi) is 5.63. The van der Waals surface area contributed by atoms with E-state index in [1.54, 1.807) is 6.92 Å². The number of rotatable bonds is 6. The third-order valence-electron chi connectivity index (χ3n) is 3.50. The molecule has 2 rings (SSSR count). The van der Waals surface area contributed by atoms with E-state index in [0.29, 0.717) is 18.8 Å². The van der Waals surface area contributed by atoms with E-state index in [2.05, 4.69) is 17.2 Å². The van der Waals surface area contributed by atoms with Crippen LogP contribution in [0.1, 0.15) is 47.2 Å². The highest BCUT2D eigenvalue weighted by atomic mass is 35.5. The zero-order valence-electron chi connectivity index (χ0n) is 13.1. The van der Waals surface area contributed by atoms with E-state index in [9.17, 15) is 4.79 Å². The molecule has 0 amide bonds. The number of hydrogen-bond donors (Lipinski definition) is 2. The van der Waals surface area contributed by atoms with Crippen molar-refractivity contribution >= 4 is 17.6 Å². The Hall–Kier alpha value is -1.78. The number of aromatic nitrogens is 1. The summed E-state index contributed by atoms with van der Waals surface area (Å²) in [7, 11) is 0. The number of carbonyl (C=O) groups is 1. The molecule has 1 aromatic heterocycles. The van der Waals surface area contributed by atoms with Gasteiger partial charge in [-0.15, -0.1) is 0 Å². The lowest BCUT2D eigenvalue weighted by Crippen LogP contribution is -2.18. The Morgan fingerprint density at radius 2 is 2.18 bits per heavy atom. The zero-order chi connectivity index (χ0) is 16.1. The first-order valence-corrected chi connectivity index (χ1v) is 7.73. The van der Waals surface area contributed by atoms with Crippen LogP contribution in [0.25, 0.3) is 0 Å². The lowest BCUT2D eigenvalue weighted by Gasteiger charge is -2.14. The normalized spacial score (nSPS) is 12.2. The van der Waals surface area contributed by atoms with E-state index >= 15 is 0 Å². The molecule has 0 saturated carbocycles. The summed E-state index contributed by atoms with van der Waals surface area (Å²) in [5, 5.41) is 4.14. The highest BCUT2D eigenvalue weighted by Crippen LogP contribution is 2.18. The largest absolute Gasteiger partial charge is 0.461 e.